The Labute approximate surface area is 95.9 Å². The summed E-state index contributed by atoms with van der Waals surface area (Å²) < 4.78 is 0. The normalized spacial score (nSPS) is 10.3. The van der Waals surface area contributed by atoms with E-state index in [0.717, 1.165) is 5.56 Å². The largest absolute Gasteiger partial charge is 0.478 e. The van der Waals surface area contributed by atoms with E-state index in [1.807, 2.05) is 0 Å². The highest BCUT2D eigenvalue weighted by Crippen LogP contribution is 2.24. The van der Waals surface area contributed by atoms with Crippen LogP contribution >= 0.6 is 11.6 Å². The second-order valence-corrected chi connectivity index (χ2v) is 3.57. The minimum atomic E-state index is -1.07. The number of halogens is 1. The summed E-state index contributed by atoms with van der Waals surface area (Å²) in [6, 6.07) is 4.80. The first-order valence-corrected chi connectivity index (χ1v) is 4.79. The second kappa shape index (κ2) is 3.86. The summed E-state index contributed by atoms with van der Waals surface area (Å²) in [5, 5.41) is 9.18. The van der Waals surface area contributed by atoms with Gasteiger partial charge in [-0.1, -0.05) is 11.6 Å². The van der Waals surface area contributed by atoms with Crippen molar-refractivity contribution in [3.05, 3.63) is 35.1 Å². The van der Waals surface area contributed by atoms with E-state index < -0.39 is 5.97 Å². The number of carboxylic acid groups (broad SMARTS) is 1. The maximum Gasteiger partial charge on any atom is 0.339 e. The average molecular weight is 238 g/mol. The molecule has 0 aromatic carbocycles. The molecule has 0 aliphatic carbocycles. The molecule has 0 fully saturated rings. The Morgan fingerprint density at radius 1 is 1.50 bits per heavy atom. The van der Waals surface area contributed by atoms with Crippen LogP contribution in [-0.4, -0.2) is 21.0 Å². The number of nitrogens with one attached hydrogen (secondary N) is 1. The van der Waals surface area contributed by atoms with Crippen LogP contribution < -0.4 is 5.73 Å². The summed E-state index contributed by atoms with van der Waals surface area (Å²) >= 11 is 5.73. The van der Waals surface area contributed by atoms with E-state index in [2.05, 4.69) is 9.97 Å². The van der Waals surface area contributed by atoms with Crippen LogP contribution in [-0.2, 0) is 0 Å². The molecule has 5 nitrogen and oxygen atoms in total. The Morgan fingerprint density at radius 2 is 2.25 bits per heavy atom. The quantitative estimate of drug-likeness (QED) is 0.697. The van der Waals surface area contributed by atoms with E-state index in [9.17, 15) is 4.79 Å². The Balaban J connectivity index is 2.49. The number of rotatable bonds is 2. The number of aromatic nitrogens is 2. The summed E-state index contributed by atoms with van der Waals surface area (Å²) in [4.78, 5) is 17.4. The summed E-state index contributed by atoms with van der Waals surface area (Å²) in [7, 11) is 0. The number of nitrogen functional groups attached to an aromatic ring is 1. The smallest absolute Gasteiger partial charge is 0.339 e. The molecule has 2 rings (SSSR count). The van der Waals surface area contributed by atoms with Gasteiger partial charge in [0.1, 0.15) is 16.5 Å². The van der Waals surface area contributed by atoms with Gasteiger partial charge in [0.2, 0.25) is 0 Å². The summed E-state index contributed by atoms with van der Waals surface area (Å²) in [6.45, 7) is 0. The predicted octanol–water partition coefficient (Wildman–Crippen LogP) is 2.01. The highest BCUT2D eigenvalue weighted by molar-refractivity contribution is 6.29. The number of carboxylic acids is 1. The van der Waals surface area contributed by atoms with Crippen LogP contribution in [0, 0.1) is 0 Å². The Bertz CT molecular complexity index is 551. The van der Waals surface area contributed by atoms with E-state index in [4.69, 9.17) is 22.4 Å². The van der Waals surface area contributed by atoms with Crippen LogP contribution in [0.25, 0.3) is 11.3 Å². The van der Waals surface area contributed by atoms with E-state index in [0.29, 0.717) is 10.8 Å². The number of H-pyrrole nitrogens is 1. The summed E-state index contributed by atoms with van der Waals surface area (Å²) in [5.74, 6) is -0.949. The van der Waals surface area contributed by atoms with Crippen LogP contribution in [0.15, 0.2) is 24.4 Å². The number of nitrogens with two attached hydrogens (primary N) is 1. The van der Waals surface area contributed by atoms with Crippen molar-refractivity contribution in [3.8, 4) is 11.3 Å². The number of aromatic amines is 1. The lowest BCUT2D eigenvalue weighted by Crippen LogP contribution is -1.98. The molecule has 0 spiro atoms. The number of anilines is 1. The molecule has 6 heteroatoms. The zero-order valence-corrected chi connectivity index (χ0v) is 8.82. The van der Waals surface area contributed by atoms with Gasteiger partial charge in [-0.05, 0) is 18.2 Å². The standard InChI is InChI=1S/C10H8ClN3O2/c11-8-3-5(1-2-13-8)7-4-6(10(15)16)9(12)14-7/h1-4,14H,12H2,(H,15,16). The van der Waals surface area contributed by atoms with Crippen molar-refractivity contribution < 1.29 is 9.90 Å². The molecular formula is C10H8ClN3O2. The molecule has 2 aromatic rings. The van der Waals surface area contributed by atoms with Crippen LogP contribution in [0.3, 0.4) is 0 Å². The second-order valence-electron chi connectivity index (χ2n) is 3.18. The lowest BCUT2D eigenvalue weighted by molar-refractivity contribution is 0.0698. The molecule has 0 radical (unpaired) electrons. The number of hydrogen-bond donors (Lipinski definition) is 3. The van der Waals surface area contributed by atoms with Gasteiger partial charge < -0.3 is 15.8 Å². The zero-order valence-electron chi connectivity index (χ0n) is 8.07. The SMILES string of the molecule is Nc1[nH]c(-c2ccnc(Cl)c2)cc1C(=O)O. The third-order valence-electron chi connectivity index (χ3n) is 2.12. The predicted molar refractivity (Wildman–Crippen MR) is 60.4 cm³/mol. The third-order valence-corrected chi connectivity index (χ3v) is 2.32. The first-order valence-electron chi connectivity index (χ1n) is 4.41. The van der Waals surface area contributed by atoms with E-state index in [1.54, 1.807) is 12.1 Å². The van der Waals surface area contributed by atoms with Gasteiger partial charge in [-0.2, -0.15) is 0 Å². The number of nitrogens with zero attached hydrogens (tertiary/aromatic N) is 1. The molecule has 0 saturated heterocycles. The van der Waals surface area contributed by atoms with Crippen LogP contribution in [0.2, 0.25) is 5.15 Å². The molecule has 2 aromatic heterocycles. The minimum Gasteiger partial charge on any atom is -0.478 e. The van der Waals surface area contributed by atoms with Gasteiger partial charge in [0, 0.05) is 17.5 Å². The molecule has 0 bridgehead atoms. The van der Waals surface area contributed by atoms with Crippen molar-refractivity contribution in [2.24, 2.45) is 0 Å². The lowest BCUT2D eigenvalue weighted by atomic mass is 10.2. The third kappa shape index (κ3) is 1.85. The zero-order chi connectivity index (χ0) is 11.7. The first-order chi connectivity index (χ1) is 7.58. The van der Waals surface area contributed by atoms with E-state index in [1.165, 1.54) is 12.3 Å². The van der Waals surface area contributed by atoms with Gasteiger partial charge in [-0.25, -0.2) is 9.78 Å². The van der Waals surface area contributed by atoms with Crippen molar-refractivity contribution in [3.63, 3.8) is 0 Å². The number of carbonyl (C=O) groups is 1. The van der Waals surface area contributed by atoms with Crippen LogP contribution in [0.1, 0.15) is 10.4 Å². The van der Waals surface area contributed by atoms with Crippen molar-refractivity contribution in [1.29, 1.82) is 0 Å². The van der Waals surface area contributed by atoms with Crippen LogP contribution in [0.5, 0.6) is 0 Å². The van der Waals surface area contributed by atoms with Gasteiger partial charge >= 0.3 is 5.97 Å². The van der Waals surface area contributed by atoms with Crippen molar-refractivity contribution in [2.75, 3.05) is 5.73 Å². The van der Waals surface area contributed by atoms with Gasteiger partial charge in [-0.3, -0.25) is 0 Å². The Kier molecular flexibility index (Phi) is 2.54. The fourth-order valence-corrected chi connectivity index (χ4v) is 1.55. The maximum atomic E-state index is 10.8. The van der Waals surface area contributed by atoms with Gasteiger partial charge in [0.25, 0.3) is 0 Å². The maximum absolute atomic E-state index is 10.8. The molecular weight excluding hydrogens is 230 g/mol. The first kappa shape index (κ1) is 10.5. The average Bonchev–Trinajstić information content (AvgIpc) is 2.60. The molecule has 4 N–H and O–H groups in total. The lowest BCUT2D eigenvalue weighted by Gasteiger charge is -1.96. The van der Waals surface area contributed by atoms with Gasteiger partial charge in [0.05, 0.1) is 0 Å². The monoisotopic (exact) mass is 237 g/mol. The van der Waals surface area contributed by atoms with Crippen molar-refractivity contribution in [2.45, 2.75) is 0 Å². The molecule has 0 amide bonds. The van der Waals surface area contributed by atoms with E-state index in [-0.39, 0.29) is 11.4 Å². The molecule has 82 valence electrons. The van der Waals surface area contributed by atoms with Crippen molar-refractivity contribution in [1.82, 2.24) is 9.97 Å². The van der Waals surface area contributed by atoms with Gasteiger partial charge in [0.15, 0.2) is 0 Å². The molecule has 0 unspecified atom stereocenters. The fourth-order valence-electron chi connectivity index (χ4n) is 1.37. The molecule has 0 atom stereocenters. The molecule has 2 heterocycles. The Morgan fingerprint density at radius 3 is 2.81 bits per heavy atom. The highest BCUT2D eigenvalue weighted by Gasteiger charge is 2.13. The van der Waals surface area contributed by atoms with Crippen LogP contribution in [0.4, 0.5) is 5.82 Å². The number of hydrogen-bond acceptors (Lipinski definition) is 3. The number of pyridine rings is 1. The van der Waals surface area contributed by atoms with E-state index >= 15 is 0 Å². The van der Waals surface area contributed by atoms with Gasteiger partial charge in [-0.15, -0.1) is 0 Å². The topological polar surface area (TPSA) is 92.0 Å². The molecule has 0 saturated carbocycles. The summed E-state index contributed by atoms with van der Waals surface area (Å²) in [6.07, 6.45) is 1.54. The number of aromatic carboxylic acids is 1. The summed E-state index contributed by atoms with van der Waals surface area (Å²) in [5.41, 5.74) is 6.91. The minimum absolute atomic E-state index is 0.0444. The highest BCUT2D eigenvalue weighted by atomic mass is 35.5. The molecule has 0 aliphatic rings. The molecule has 16 heavy (non-hydrogen) atoms. The fraction of sp³-hybridized carbons (Fsp3) is 0. The molecule has 0 aliphatic heterocycles. The van der Waals surface area contributed by atoms with Crippen molar-refractivity contribution >= 4 is 23.4 Å². The Hall–Kier alpha value is -2.01.